The maximum atomic E-state index is 5.63. The summed E-state index contributed by atoms with van der Waals surface area (Å²) >= 11 is 0. The van der Waals surface area contributed by atoms with Crippen LogP contribution in [0.3, 0.4) is 0 Å². The summed E-state index contributed by atoms with van der Waals surface area (Å²) in [5, 5.41) is 0. The Morgan fingerprint density at radius 1 is 1.06 bits per heavy atom. The Hall–Kier alpha value is -0.514. The average Bonchev–Trinajstić information content (AvgIpc) is 2.29. The van der Waals surface area contributed by atoms with Gasteiger partial charge in [-0.3, -0.25) is 0 Å². The molecule has 16 heavy (non-hydrogen) atoms. The van der Waals surface area contributed by atoms with Crippen LogP contribution in [0.25, 0.3) is 11.1 Å². The van der Waals surface area contributed by atoms with Crippen molar-refractivity contribution in [1.82, 2.24) is 0 Å². The molecule has 2 aromatic rings. The van der Waals surface area contributed by atoms with E-state index >= 15 is 0 Å². The van der Waals surface area contributed by atoms with Gasteiger partial charge >= 0.3 is 23.1 Å². The van der Waals surface area contributed by atoms with Crippen molar-refractivity contribution in [1.29, 1.82) is 0 Å². The van der Waals surface area contributed by atoms with E-state index in [0.29, 0.717) is 6.61 Å². The largest absolute Gasteiger partial charge is 2.00 e. The molecule has 0 aliphatic carbocycles. The first-order valence-corrected chi connectivity index (χ1v) is 4.67. The molecule has 0 N–H and O–H groups in total. The fourth-order valence-corrected chi connectivity index (χ4v) is 1.80. The topological polar surface area (TPSA) is 9.23 Å². The Morgan fingerprint density at radius 2 is 1.88 bits per heavy atom. The number of halogens is 1. The molecule has 0 bridgehead atoms. The molecule has 1 nitrogen and oxygen atoms in total. The van der Waals surface area contributed by atoms with Gasteiger partial charge in [-0.25, -0.2) is 0 Å². The van der Waals surface area contributed by atoms with Crippen LogP contribution in [0.15, 0.2) is 42.5 Å². The van der Waals surface area contributed by atoms with Crippen molar-refractivity contribution in [2.45, 2.75) is 6.61 Å². The van der Waals surface area contributed by atoms with E-state index in [-0.39, 0.29) is 40.0 Å². The Morgan fingerprint density at radius 3 is 2.75 bits per heavy atom. The van der Waals surface area contributed by atoms with Gasteiger partial charge in [-0.15, -0.1) is 29.8 Å². The van der Waals surface area contributed by atoms with Crippen molar-refractivity contribution in [3.05, 3.63) is 54.1 Å². The first kappa shape index (κ1) is 13.6. The van der Waals surface area contributed by atoms with Crippen molar-refractivity contribution in [2.75, 3.05) is 0 Å². The molecule has 0 amide bonds. The minimum absolute atomic E-state index is 0. The quantitative estimate of drug-likeness (QED) is 0.476. The van der Waals surface area contributed by atoms with E-state index in [0.717, 1.165) is 11.3 Å². The van der Waals surface area contributed by atoms with Crippen molar-refractivity contribution in [3.8, 4) is 16.9 Å². The summed E-state index contributed by atoms with van der Waals surface area (Å²) in [6.45, 7) is 0.656. The second-order valence-corrected chi connectivity index (χ2v) is 3.36. The molecule has 1 aliphatic rings. The summed E-state index contributed by atoms with van der Waals surface area (Å²) in [4.78, 5) is 0. The standard InChI is InChI=1S/C13H9O.BrH.Mg/c1-2-6-11-10(5-1)9-14-13-8-4-3-7-12(11)13;;/h1-5,7-8H,9H2;1H;/q-1;;+2/p-1. The van der Waals surface area contributed by atoms with E-state index in [9.17, 15) is 0 Å². The number of benzene rings is 2. The molecular weight excluding hydrogens is 276 g/mol. The first-order chi connectivity index (χ1) is 6.95. The number of ether oxygens (including phenoxy) is 1. The summed E-state index contributed by atoms with van der Waals surface area (Å²) in [7, 11) is 0. The molecular formula is C13H9BrMgO. The smallest absolute Gasteiger partial charge is 1.00 e. The Balaban J connectivity index is 0.000000640. The zero-order valence-corrected chi connectivity index (χ0v) is 11.7. The molecule has 1 aliphatic heterocycles. The van der Waals surface area contributed by atoms with Crippen LogP contribution in [0, 0.1) is 6.07 Å². The average molecular weight is 285 g/mol. The summed E-state index contributed by atoms with van der Waals surface area (Å²) in [5.41, 5.74) is 3.54. The van der Waals surface area contributed by atoms with Gasteiger partial charge in [0.25, 0.3) is 0 Å². The fourth-order valence-electron chi connectivity index (χ4n) is 1.80. The molecule has 0 fully saturated rings. The first-order valence-electron chi connectivity index (χ1n) is 4.67. The van der Waals surface area contributed by atoms with Gasteiger partial charge in [-0.05, 0) is 6.07 Å². The van der Waals surface area contributed by atoms with Gasteiger partial charge in [-0.2, -0.15) is 0 Å². The molecule has 1 heterocycles. The molecule has 0 radical (unpaired) electrons. The third-order valence-electron chi connectivity index (χ3n) is 2.48. The van der Waals surface area contributed by atoms with Crippen LogP contribution in [0.1, 0.15) is 5.56 Å². The minimum atomic E-state index is 0. The maximum absolute atomic E-state index is 5.63. The van der Waals surface area contributed by atoms with Crippen molar-refractivity contribution < 1.29 is 21.7 Å². The van der Waals surface area contributed by atoms with Crippen molar-refractivity contribution in [2.24, 2.45) is 0 Å². The third kappa shape index (κ3) is 2.26. The summed E-state index contributed by atoms with van der Waals surface area (Å²) < 4.78 is 5.63. The Bertz CT molecular complexity index is 439. The second kappa shape index (κ2) is 5.71. The monoisotopic (exact) mass is 284 g/mol. The number of fused-ring (bicyclic) bond motifs is 3. The fraction of sp³-hybridized carbons (Fsp3) is 0.0769. The van der Waals surface area contributed by atoms with E-state index in [1.54, 1.807) is 0 Å². The Kier molecular flexibility index (Phi) is 4.83. The van der Waals surface area contributed by atoms with Gasteiger partial charge in [0.05, 0.1) is 12.4 Å². The van der Waals surface area contributed by atoms with Crippen LogP contribution >= 0.6 is 0 Å². The van der Waals surface area contributed by atoms with Crippen LogP contribution in [-0.4, -0.2) is 23.1 Å². The van der Waals surface area contributed by atoms with Crippen LogP contribution in [0.5, 0.6) is 5.75 Å². The Labute approximate surface area is 122 Å². The van der Waals surface area contributed by atoms with Gasteiger partial charge in [-0.1, -0.05) is 29.3 Å². The zero-order chi connectivity index (χ0) is 9.38. The van der Waals surface area contributed by atoms with E-state index in [1.165, 1.54) is 11.1 Å². The predicted octanol–water partition coefficient (Wildman–Crippen LogP) is -0.331. The van der Waals surface area contributed by atoms with Crippen LogP contribution in [0.4, 0.5) is 0 Å². The molecule has 3 heteroatoms. The molecule has 2 aromatic carbocycles. The van der Waals surface area contributed by atoms with Gasteiger partial charge < -0.3 is 21.7 Å². The number of hydrogen-bond donors (Lipinski definition) is 0. The normalized spacial score (nSPS) is 11.0. The minimum Gasteiger partial charge on any atom is -1.00 e. The second-order valence-electron chi connectivity index (χ2n) is 3.36. The predicted molar refractivity (Wildman–Crippen MR) is 60.8 cm³/mol. The van der Waals surface area contributed by atoms with Gasteiger partial charge in [0.1, 0.15) is 0 Å². The molecule has 0 atom stereocenters. The third-order valence-corrected chi connectivity index (χ3v) is 2.48. The van der Waals surface area contributed by atoms with E-state index in [4.69, 9.17) is 4.74 Å². The SMILES string of the molecule is [Br-].[Mg+2].[c-]1cccc2c1-c1ccccc1OC2. The van der Waals surface area contributed by atoms with Crippen molar-refractivity contribution >= 4 is 23.1 Å². The molecule has 0 aromatic heterocycles. The molecule has 0 spiro atoms. The maximum Gasteiger partial charge on any atom is 2.00 e. The van der Waals surface area contributed by atoms with Crippen molar-refractivity contribution in [3.63, 3.8) is 0 Å². The molecule has 0 unspecified atom stereocenters. The van der Waals surface area contributed by atoms with Gasteiger partial charge in [0, 0.05) is 0 Å². The number of hydrogen-bond acceptors (Lipinski definition) is 1. The summed E-state index contributed by atoms with van der Waals surface area (Å²) in [6, 6.07) is 17.4. The van der Waals surface area contributed by atoms with E-state index < -0.39 is 0 Å². The summed E-state index contributed by atoms with van der Waals surface area (Å²) in [6.07, 6.45) is 0. The van der Waals surface area contributed by atoms with E-state index in [1.807, 2.05) is 30.3 Å². The van der Waals surface area contributed by atoms with Crippen LogP contribution < -0.4 is 21.7 Å². The molecule has 3 rings (SSSR count). The number of rotatable bonds is 0. The van der Waals surface area contributed by atoms with Crippen LogP contribution in [-0.2, 0) is 6.61 Å². The summed E-state index contributed by atoms with van der Waals surface area (Å²) in [5.74, 6) is 0.961. The zero-order valence-electron chi connectivity index (χ0n) is 8.74. The van der Waals surface area contributed by atoms with Gasteiger partial charge in [0.2, 0.25) is 0 Å². The van der Waals surface area contributed by atoms with Crippen LogP contribution in [0.2, 0.25) is 0 Å². The van der Waals surface area contributed by atoms with Gasteiger partial charge in [0.15, 0.2) is 0 Å². The van der Waals surface area contributed by atoms with E-state index in [2.05, 4.69) is 18.2 Å². The molecule has 76 valence electrons. The molecule has 0 saturated heterocycles. The number of para-hydroxylation sites is 1. The molecule has 0 saturated carbocycles.